The van der Waals surface area contributed by atoms with Gasteiger partial charge in [0.05, 0.1) is 30.3 Å². The molecule has 200 valence electrons. The van der Waals surface area contributed by atoms with E-state index in [2.05, 4.69) is 5.32 Å². The van der Waals surface area contributed by atoms with Crippen molar-refractivity contribution in [1.82, 2.24) is 10.2 Å². The second-order valence-corrected chi connectivity index (χ2v) is 9.33. The molecule has 0 bridgehead atoms. The Morgan fingerprint density at radius 3 is 2.08 bits per heavy atom. The minimum atomic E-state index is -0.564. The molecule has 2 atom stereocenters. The number of nitrogens with zero attached hydrogens (tertiary/aromatic N) is 1. The second-order valence-electron chi connectivity index (χ2n) is 9.33. The average molecular weight is 525 g/mol. The van der Waals surface area contributed by atoms with E-state index in [9.17, 15) is 14.4 Å². The van der Waals surface area contributed by atoms with Gasteiger partial charge >= 0.3 is 5.97 Å². The number of hydrogen-bond donors (Lipinski definition) is 1. The molecule has 0 unspecified atom stereocenters. The van der Waals surface area contributed by atoms with Crippen LogP contribution in [0.1, 0.15) is 49.5 Å². The van der Waals surface area contributed by atoms with Crippen molar-refractivity contribution in [2.24, 2.45) is 0 Å². The molecule has 0 aliphatic carbocycles. The molecular weight excluding hydrogens is 492 g/mol. The van der Waals surface area contributed by atoms with Gasteiger partial charge in [-0.15, -0.1) is 0 Å². The molecule has 2 amide bonds. The average Bonchev–Trinajstić information content (AvgIpc) is 3.21. The lowest BCUT2D eigenvalue weighted by molar-refractivity contribution is -0.136. The number of esters is 1. The van der Waals surface area contributed by atoms with E-state index < -0.39 is 5.97 Å². The monoisotopic (exact) mass is 524 g/mol. The zero-order chi connectivity index (χ0) is 27.9. The quantitative estimate of drug-likeness (QED) is 0.300. The fourth-order valence-electron chi connectivity index (χ4n) is 4.63. The Kier molecular flexibility index (Phi) is 8.61. The molecule has 7 nitrogen and oxygen atoms in total. The number of benzene rings is 3. The van der Waals surface area contributed by atoms with Gasteiger partial charge in [0, 0.05) is 5.70 Å². The summed E-state index contributed by atoms with van der Waals surface area (Å²) in [4.78, 5) is 40.2. The van der Waals surface area contributed by atoms with E-state index in [0.717, 1.165) is 11.1 Å². The lowest BCUT2D eigenvalue weighted by Gasteiger charge is -2.26. The third-order valence-corrected chi connectivity index (χ3v) is 6.74. The maximum absolute atomic E-state index is 13.5. The van der Waals surface area contributed by atoms with Gasteiger partial charge < -0.3 is 19.7 Å². The minimum absolute atomic E-state index is 0.128. The summed E-state index contributed by atoms with van der Waals surface area (Å²) in [6.07, 6.45) is 1.67. The molecule has 1 heterocycles. The fourth-order valence-corrected chi connectivity index (χ4v) is 4.63. The molecule has 0 radical (unpaired) electrons. The maximum atomic E-state index is 13.5. The molecule has 0 saturated carbocycles. The van der Waals surface area contributed by atoms with E-state index in [-0.39, 0.29) is 41.7 Å². The first kappa shape index (κ1) is 27.4. The zero-order valence-electron chi connectivity index (χ0n) is 22.5. The van der Waals surface area contributed by atoms with Crippen LogP contribution in [0, 0.1) is 0 Å². The lowest BCUT2D eigenvalue weighted by Crippen LogP contribution is -2.31. The standard InChI is InChI=1S/C32H32N2O5/c1-21(25-11-7-5-8-12-25)33-29(35)20-39-27-17-15-24(16-18-27)19-28-30(32(37)38-4)23(3)34(31(28)36)22(2)26-13-9-6-10-14-26/h5-19,21-22H,20H2,1-4H3,(H,33,35)/b28-19-/t21-,22+/m0/s1. The minimum Gasteiger partial charge on any atom is -0.484 e. The van der Waals surface area contributed by atoms with Crippen LogP contribution in [0.4, 0.5) is 0 Å². The number of methoxy groups -OCH3 is 1. The summed E-state index contributed by atoms with van der Waals surface area (Å²) in [5, 5.41) is 2.92. The number of rotatable bonds is 9. The van der Waals surface area contributed by atoms with E-state index in [4.69, 9.17) is 9.47 Å². The predicted molar refractivity (Wildman–Crippen MR) is 149 cm³/mol. The first-order chi connectivity index (χ1) is 18.8. The molecule has 0 aromatic heterocycles. The summed E-state index contributed by atoms with van der Waals surface area (Å²) in [6, 6.07) is 25.9. The van der Waals surface area contributed by atoms with Crippen LogP contribution in [0.3, 0.4) is 0 Å². The molecule has 3 aromatic rings. The molecule has 1 aliphatic heterocycles. The van der Waals surface area contributed by atoms with Crippen molar-refractivity contribution in [3.63, 3.8) is 0 Å². The van der Waals surface area contributed by atoms with Gasteiger partial charge in [-0.25, -0.2) is 4.79 Å². The summed E-state index contributed by atoms with van der Waals surface area (Å²) < 4.78 is 10.7. The summed E-state index contributed by atoms with van der Waals surface area (Å²) in [5.41, 5.74) is 3.73. The smallest absolute Gasteiger partial charge is 0.340 e. The Bertz CT molecular complexity index is 1400. The maximum Gasteiger partial charge on any atom is 0.340 e. The third-order valence-electron chi connectivity index (χ3n) is 6.74. The highest BCUT2D eigenvalue weighted by molar-refractivity contribution is 6.16. The van der Waals surface area contributed by atoms with Gasteiger partial charge in [0.1, 0.15) is 5.75 Å². The van der Waals surface area contributed by atoms with Crippen molar-refractivity contribution < 1.29 is 23.9 Å². The van der Waals surface area contributed by atoms with Crippen molar-refractivity contribution in [3.8, 4) is 5.75 Å². The van der Waals surface area contributed by atoms with E-state index in [0.29, 0.717) is 17.0 Å². The molecule has 1 aliphatic rings. The Balaban J connectivity index is 1.47. The molecular formula is C32H32N2O5. The van der Waals surface area contributed by atoms with E-state index in [1.807, 2.05) is 74.5 Å². The molecule has 0 fully saturated rings. The van der Waals surface area contributed by atoms with Gasteiger partial charge in [-0.05, 0) is 55.7 Å². The second kappa shape index (κ2) is 12.3. The summed E-state index contributed by atoms with van der Waals surface area (Å²) in [7, 11) is 1.30. The highest BCUT2D eigenvalue weighted by atomic mass is 16.5. The van der Waals surface area contributed by atoms with Gasteiger partial charge in [-0.1, -0.05) is 72.8 Å². The molecule has 3 aromatic carbocycles. The van der Waals surface area contributed by atoms with E-state index in [1.54, 1.807) is 42.2 Å². The van der Waals surface area contributed by atoms with Crippen LogP contribution in [-0.2, 0) is 19.1 Å². The van der Waals surface area contributed by atoms with E-state index in [1.165, 1.54) is 7.11 Å². The molecule has 7 heteroatoms. The summed E-state index contributed by atoms with van der Waals surface area (Å²) in [6.45, 7) is 5.47. The van der Waals surface area contributed by atoms with Crippen LogP contribution in [0.25, 0.3) is 6.08 Å². The van der Waals surface area contributed by atoms with Gasteiger partial charge in [-0.2, -0.15) is 0 Å². The van der Waals surface area contributed by atoms with E-state index >= 15 is 0 Å². The van der Waals surface area contributed by atoms with Crippen LogP contribution in [0.2, 0.25) is 0 Å². The van der Waals surface area contributed by atoms with Gasteiger partial charge in [-0.3, -0.25) is 9.59 Å². The van der Waals surface area contributed by atoms with Crippen LogP contribution in [-0.4, -0.2) is 36.4 Å². The van der Waals surface area contributed by atoms with Crippen molar-refractivity contribution in [2.45, 2.75) is 32.9 Å². The molecule has 1 N–H and O–H groups in total. The van der Waals surface area contributed by atoms with Crippen LogP contribution in [0.5, 0.6) is 5.75 Å². The topological polar surface area (TPSA) is 84.9 Å². The largest absolute Gasteiger partial charge is 0.484 e. The number of ether oxygens (including phenoxy) is 2. The summed E-state index contributed by atoms with van der Waals surface area (Å²) in [5.74, 6) is -0.555. The Labute approximate surface area is 228 Å². The zero-order valence-corrected chi connectivity index (χ0v) is 22.5. The van der Waals surface area contributed by atoms with Gasteiger partial charge in [0.25, 0.3) is 11.8 Å². The van der Waals surface area contributed by atoms with Crippen LogP contribution in [0.15, 0.2) is 102 Å². The number of amides is 2. The normalized spacial score (nSPS) is 15.7. The number of carbonyl (C=O) groups excluding carboxylic acids is 3. The first-order valence-electron chi connectivity index (χ1n) is 12.8. The van der Waals surface area contributed by atoms with Crippen molar-refractivity contribution in [1.29, 1.82) is 0 Å². The van der Waals surface area contributed by atoms with Crippen molar-refractivity contribution in [3.05, 3.63) is 118 Å². The molecule has 0 saturated heterocycles. The SMILES string of the molecule is COC(=O)C1=C(C)N([C@H](C)c2ccccc2)C(=O)/C1=C\c1ccc(OCC(=O)N[C@@H](C)c2ccccc2)cc1. The molecule has 4 rings (SSSR count). The predicted octanol–water partition coefficient (Wildman–Crippen LogP) is 5.38. The van der Waals surface area contributed by atoms with Crippen LogP contribution < -0.4 is 10.1 Å². The van der Waals surface area contributed by atoms with Crippen molar-refractivity contribution in [2.75, 3.05) is 13.7 Å². The fraction of sp³-hybridized carbons (Fsp3) is 0.219. The molecule has 0 spiro atoms. The Hall–Kier alpha value is -4.65. The first-order valence-corrected chi connectivity index (χ1v) is 12.8. The lowest BCUT2D eigenvalue weighted by atomic mass is 10.0. The number of hydrogen-bond acceptors (Lipinski definition) is 5. The van der Waals surface area contributed by atoms with Gasteiger partial charge in [0.2, 0.25) is 0 Å². The number of carbonyl (C=O) groups is 3. The van der Waals surface area contributed by atoms with Crippen molar-refractivity contribution >= 4 is 23.9 Å². The number of nitrogens with one attached hydrogen (secondary N) is 1. The Morgan fingerprint density at radius 2 is 1.49 bits per heavy atom. The van der Waals surface area contributed by atoms with Crippen LogP contribution >= 0.6 is 0 Å². The highest BCUT2D eigenvalue weighted by Crippen LogP contribution is 2.37. The third kappa shape index (κ3) is 6.26. The van der Waals surface area contributed by atoms with Gasteiger partial charge in [0.15, 0.2) is 6.61 Å². The highest BCUT2D eigenvalue weighted by Gasteiger charge is 2.39. The number of allylic oxidation sites excluding steroid dienone is 1. The Morgan fingerprint density at radius 1 is 0.897 bits per heavy atom. The summed E-state index contributed by atoms with van der Waals surface area (Å²) >= 11 is 0. The molecule has 39 heavy (non-hydrogen) atoms.